The molecule has 0 radical (unpaired) electrons. The van der Waals surface area contributed by atoms with Crippen LogP contribution in [0, 0.1) is 5.92 Å². The summed E-state index contributed by atoms with van der Waals surface area (Å²) >= 11 is 0. The van der Waals surface area contributed by atoms with Crippen LogP contribution < -0.4 is 38.9 Å². The second kappa shape index (κ2) is 15.8. The molecule has 0 heterocycles. The maximum Gasteiger partial charge on any atom is 0.326 e. The van der Waals surface area contributed by atoms with Crippen molar-refractivity contribution in [2.45, 2.75) is 64.1 Å². The maximum atomic E-state index is 12.8. The summed E-state index contributed by atoms with van der Waals surface area (Å²) in [4.78, 5) is 52.5. The molecule has 0 aliphatic carbocycles. The minimum Gasteiger partial charge on any atom is -0.480 e. The van der Waals surface area contributed by atoms with Crippen molar-refractivity contribution in [3.63, 3.8) is 0 Å². The molecule has 184 valence electrons. The topological polar surface area (TPSA) is 241 Å². The van der Waals surface area contributed by atoms with Gasteiger partial charge in [0.1, 0.15) is 18.1 Å². The lowest BCUT2D eigenvalue weighted by Crippen LogP contribution is -2.57. The van der Waals surface area contributed by atoms with Crippen LogP contribution in [0.5, 0.6) is 0 Å². The highest BCUT2D eigenvalue weighted by Gasteiger charge is 2.31. The third-order valence-corrected chi connectivity index (χ3v) is 4.59. The van der Waals surface area contributed by atoms with Gasteiger partial charge >= 0.3 is 5.97 Å². The van der Waals surface area contributed by atoms with Gasteiger partial charge in [0.25, 0.3) is 0 Å². The van der Waals surface area contributed by atoms with E-state index in [1.807, 2.05) is 0 Å². The highest BCUT2D eigenvalue weighted by Crippen LogP contribution is 2.07. The molecule has 32 heavy (non-hydrogen) atoms. The number of amides is 3. The van der Waals surface area contributed by atoms with Gasteiger partial charge in [0.15, 0.2) is 5.96 Å². The van der Waals surface area contributed by atoms with Crippen LogP contribution in [0.3, 0.4) is 0 Å². The number of hydrogen-bond acceptors (Lipinski definition) is 7. The third kappa shape index (κ3) is 12.1. The Labute approximate surface area is 188 Å². The molecule has 0 aromatic rings. The Morgan fingerprint density at radius 2 is 1.50 bits per heavy atom. The first-order valence-corrected chi connectivity index (χ1v) is 10.6. The molecule has 0 fully saturated rings. The average Bonchev–Trinajstić information content (AvgIpc) is 2.72. The van der Waals surface area contributed by atoms with Gasteiger partial charge in [-0.1, -0.05) is 13.8 Å². The number of nitrogens with zero attached hydrogens (tertiary/aromatic N) is 1. The fourth-order valence-electron chi connectivity index (χ4n) is 2.83. The summed E-state index contributed by atoms with van der Waals surface area (Å²) in [6, 6.07) is -3.07. The number of nitrogens with two attached hydrogens (primary N) is 4. The Morgan fingerprint density at radius 1 is 0.875 bits per heavy atom. The van der Waals surface area contributed by atoms with Gasteiger partial charge in [0, 0.05) is 6.54 Å². The molecule has 0 saturated heterocycles. The van der Waals surface area contributed by atoms with E-state index < -0.39 is 41.8 Å². The molecule has 0 rings (SSSR count). The van der Waals surface area contributed by atoms with E-state index in [1.165, 1.54) is 0 Å². The minimum atomic E-state index is -1.22. The van der Waals surface area contributed by atoms with E-state index in [2.05, 4.69) is 20.9 Å². The number of nitrogens with one attached hydrogen (secondary N) is 3. The number of carboxylic acid groups (broad SMARTS) is 1. The summed E-state index contributed by atoms with van der Waals surface area (Å²) in [6.07, 6.45) is 2.02. The lowest BCUT2D eigenvalue weighted by molar-refractivity contribution is -0.142. The van der Waals surface area contributed by atoms with Crippen LogP contribution in [-0.2, 0) is 19.2 Å². The van der Waals surface area contributed by atoms with Crippen molar-refractivity contribution in [2.75, 3.05) is 19.6 Å². The van der Waals surface area contributed by atoms with E-state index in [1.54, 1.807) is 13.8 Å². The zero-order chi connectivity index (χ0) is 24.7. The van der Waals surface area contributed by atoms with Crippen molar-refractivity contribution in [1.29, 1.82) is 0 Å². The van der Waals surface area contributed by atoms with Gasteiger partial charge in [0.05, 0.1) is 6.54 Å². The summed E-state index contributed by atoms with van der Waals surface area (Å²) < 4.78 is 0. The van der Waals surface area contributed by atoms with Crippen LogP contribution >= 0.6 is 0 Å². The first kappa shape index (κ1) is 29.1. The molecule has 0 aromatic carbocycles. The molecule has 0 aliphatic heterocycles. The summed E-state index contributed by atoms with van der Waals surface area (Å²) in [5, 5.41) is 17.0. The molecular formula is C19H38N8O5. The lowest BCUT2D eigenvalue weighted by atomic mass is 10.0. The zero-order valence-corrected chi connectivity index (χ0v) is 18.8. The Kier molecular flexibility index (Phi) is 14.4. The van der Waals surface area contributed by atoms with Crippen LogP contribution in [0.15, 0.2) is 4.99 Å². The average molecular weight is 459 g/mol. The van der Waals surface area contributed by atoms with E-state index in [9.17, 15) is 24.3 Å². The number of guanidine groups is 1. The smallest absolute Gasteiger partial charge is 0.326 e. The Bertz CT molecular complexity index is 652. The summed E-state index contributed by atoms with van der Waals surface area (Å²) in [5.74, 6) is -3.37. The SMILES string of the molecule is CC(C)C(NC(=O)C(CCCCN)NC(=O)CN)C(=O)NC(CCCN=C(N)N)C(=O)O. The van der Waals surface area contributed by atoms with E-state index >= 15 is 0 Å². The van der Waals surface area contributed by atoms with Gasteiger partial charge in [-0.15, -0.1) is 0 Å². The van der Waals surface area contributed by atoms with Gasteiger partial charge in [-0.3, -0.25) is 19.4 Å². The van der Waals surface area contributed by atoms with E-state index in [0.717, 1.165) is 0 Å². The van der Waals surface area contributed by atoms with Crippen molar-refractivity contribution in [2.24, 2.45) is 33.8 Å². The second-order valence-electron chi connectivity index (χ2n) is 7.69. The number of rotatable bonds is 16. The van der Waals surface area contributed by atoms with Crippen LogP contribution in [0.2, 0.25) is 0 Å². The molecule has 0 aliphatic rings. The fraction of sp³-hybridized carbons (Fsp3) is 0.737. The zero-order valence-electron chi connectivity index (χ0n) is 18.8. The number of hydrogen-bond donors (Lipinski definition) is 8. The quantitative estimate of drug-likeness (QED) is 0.0681. The Balaban J connectivity index is 5.19. The standard InChI is InChI=1S/C19H38N8O5/c1-11(2)15(17(30)26-13(18(31)32)7-5-9-24-19(22)23)27-16(29)12(6-3-4-8-20)25-14(28)10-21/h11-13,15H,3-10,20-21H2,1-2H3,(H,25,28)(H,26,30)(H,27,29)(H,31,32)(H4,22,23,24). The highest BCUT2D eigenvalue weighted by molar-refractivity contribution is 5.93. The van der Waals surface area contributed by atoms with Crippen LogP contribution in [-0.4, -0.2) is 72.5 Å². The third-order valence-electron chi connectivity index (χ3n) is 4.59. The lowest BCUT2D eigenvalue weighted by Gasteiger charge is -2.26. The number of carboxylic acids is 1. The van der Waals surface area contributed by atoms with E-state index in [-0.39, 0.29) is 31.4 Å². The Morgan fingerprint density at radius 3 is 2.00 bits per heavy atom. The van der Waals surface area contributed by atoms with Crippen molar-refractivity contribution in [3.05, 3.63) is 0 Å². The first-order valence-electron chi connectivity index (χ1n) is 10.6. The van der Waals surface area contributed by atoms with E-state index in [4.69, 9.17) is 22.9 Å². The van der Waals surface area contributed by atoms with Crippen molar-refractivity contribution < 1.29 is 24.3 Å². The molecule has 0 spiro atoms. The first-order chi connectivity index (χ1) is 15.0. The van der Waals surface area contributed by atoms with Gasteiger partial charge < -0.3 is 44.0 Å². The van der Waals surface area contributed by atoms with Crippen LogP contribution in [0.4, 0.5) is 0 Å². The predicted molar refractivity (Wildman–Crippen MR) is 120 cm³/mol. The number of carbonyl (C=O) groups is 4. The molecule has 12 N–H and O–H groups in total. The van der Waals surface area contributed by atoms with Crippen LogP contribution in [0.25, 0.3) is 0 Å². The Hall–Kier alpha value is -2.93. The number of carbonyl (C=O) groups excluding carboxylic acids is 3. The highest BCUT2D eigenvalue weighted by atomic mass is 16.4. The van der Waals surface area contributed by atoms with Gasteiger partial charge in [0.2, 0.25) is 17.7 Å². The molecule has 3 unspecified atom stereocenters. The van der Waals surface area contributed by atoms with Gasteiger partial charge in [-0.25, -0.2) is 4.79 Å². The number of aliphatic carboxylic acids is 1. The van der Waals surface area contributed by atoms with Crippen molar-refractivity contribution >= 4 is 29.7 Å². The molecule has 0 bridgehead atoms. The largest absolute Gasteiger partial charge is 0.480 e. The number of unbranched alkanes of at least 4 members (excludes halogenated alkanes) is 1. The molecular weight excluding hydrogens is 420 g/mol. The van der Waals surface area contributed by atoms with E-state index in [0.29, 0.717) is 32.2 Å². The minimum absolute atomic E-state index is 0.102. The second-order valence-corrected chi connectivity index (χ2v) is 7.69. The van der Waals surface area contributed by atoms with Crippen molar-refractivity contribution in [3.8, 4) is 0 Å². The van der Waals surface area contributed by atoms with Gasteiger partial charge in [-0.2, -0.15) is 0 Å². The molecule has 0 aromatic heterocycles. The monoisotopic (exact) mass is 458 g/mol. The van der Waals surface area contributed by atoms with Gasteiger partial charge in [-0.05, 0) is 44.6 Å². The van der Waals surface area contributed by atoms with Crippen LogP contribution in [0.1, 0.15) is 46.0 Å². The molecule has 13 nitrogen and oxygen atoms in total. The van der Waals surface area contributed by atoms with Crippen molar-refractivity contribution in [1.82, 2.24) is 16.0 Å². The molecule has 3 atom stereocenters. The summed E-state index contributed by atoms with van der Waals surface area (Å²) in [5.41, 5.74) is 21.3. The number of aliphatic imine (C=N–C) groups is 1. The molecule has 3 amide bonds. The normalized spacial score (nSPS) is 13.5. The molecule has 0 saturated carbocycles. The molecule has 13 heteroatoms. The summed E-state index contributed by atoms with van der Waals surface area (Å²) in [7, 11) is 0. The predicted octanol–water partition coefficient (Wildman–Crippen LogP) is -2.68. The fourth-order valence-corrected chi connectivity index (χ4v) is 2.83. The maximum absolute atomic E-state index is 12.8. The summed E-state index contributed by atoms with van der Waals surface area (Å²) in [6.45, 7) is 3.80.